The van der Waals surface area contributed by atoms with Gasteiger partial charge in [0, 0.05) is 17.5 Å². The fourth-order valence-corrected chi connectivity index (χ4v) is 4.53. The largest absolute Gasteiger partial charge is 0.464 e. The van der Waals surface area contributed by atoms with Gasteiger partial charge in [0.15, 0.2) is 0 Å². The van der Waals surface area contributed by atoms with Crippen LogP contribution in [-0.2, 0) is 0 Å². The van der Waals surface area contributed by atoms with E-state index in [1.165, 1.54) is 27.5 Å². The first-order valence-corrected chi connectivity index (χ1v) is 10.4. The number of ether oxygens (including phenoxy) is 1. The van der Waals surface area contributed by atoms with Crippen molar-refractivity contribution in [3.63, 3.8) is 0 Å². The molecule has 0 N–H and O–H groups in total. The first-order chi connectivity index (χ1) is 14.8. The summed E-state index contributed by atoms with van der Waals surface area (Å²) < 4.78 is 6.45. The SMILES string of the molecule is Cc1ccc([C@@H]2Oc3ccccc3[C@H]3CC(c4ccc5ccccc5c4)=NN32)cc1. The lowest BCUT2D eigenvalue weighted by Gasteiger charge is -2.38. The molecule has 0 radical (unpaired) electrons. The van der Waals surface area contributed by atoms with E-state index in [-0.39, 0.29) is 12.3 Å². The van der Waals surface area contributed by atoms with Gasteiger partial charge in [-0.25, -0.2) is 5.01 Å². The van der Waals surface area contributed by atoms with Crippen molar-refractivity contribution in [1.82, 2.24) is 5.01 Å². The van der Waals surface area contributed by atoms with E-state index in [2.05, 4.69) is 96.9 Å². The van der Waals surface area contributed by atoms with E-state index < -0.39 is 0 Å². The first kappa shape index (κ1) is 17.3. The highest BCUT2D eigenvalue weighted by Crippen LogP contribution is 2.47. The molecule has 3 heteroatoms. The minimum atomic E-state index is -0.219. The molecular formula is C27H22N2O. The van der Waals surface area contributed by atoms with Gasteiger partial charge in [0.1, 0.15) is 5.75 Å². The van der Waals surface area contributed by atoms with Gasteiger partial charge in [-0.2, -0.15) is 5.10 Å². The zero-order valence-corrected chi connectivity index (χ0v) is 16.8. The molecule has 0 saturated carbocycles. The van der Waals surface area contributed by atoms with Crippen LogP contribution >= 0.6 is 0 Å². The smallest absolute Gasteiger partial charge is 0.213 e. The van der Waals surface area contributed by atoms with E-state index in [9.17, 15) is 0 Å². The molecule has 0 bridgehead atoms. The highest BCUT2D eigenvalue weighted by molar-refractivity contribution is 6.04. The fourth-order valence-electron chi connectivity index (χ4n) is 4.53. The molecule has 146 valence electrons. The summed E-state index contributed by atoms with van der Waals surface area (Å²) >= 11 is 0. The number of para-hydroxylation sites is 1. The number of nitrogens with zero attached hydrogens (tertiary/aromatic N) is 2. The molecule has 30 heavy (non-hydrogen) atoms. The summed E-state index contributed by atoms with van der Waals surface area (Å²) in [5.74, 6) is 0.958. The van der Waals surface area contributed by atoms with Gasteiger partial charge < -0.3 is 4.74 Å². The molecule has 2 atom stereocenters. The van der Waals surface area contributed by atoms with Gasteiger partial charge in [0.2, 0.25) is 6.23 Å². The number of rotatable bonds is 2. The molecule has 2 aliphatic heterocycles. The molecule has 0 amide bonds. The average molecular weight is 390 g/mol. The van der Waals surface area contributed by atoms with Gasteiger partial charge in [-0.3, -0.25) is 0 Å². The number of hydrogen-bond acceptors (Lipinski definition) is 3. The molecule has 4 aromatic rings. The molecule has 0 aliphatic carbocycles. The van der Waals surface area contributed by atoms with Crippen LogP contribution in [0.3, 0.4) is 0 Å². The standard InChI is InChI=1S/C27H22N2O/c1-18-10-12-20(13-11-18)27-29-25(23-8-4-5-9-26(23)30-27)17-24(28-29)22-15-14-19-6-2-3-7-21(19)16-22/h2-16,25,27H,17H2,1H3/t25-,27+/m1/s1. The monoisotopic (exact) mass is 390 g/mol. The summed E-state index contributed by atoms with van der Waals surface area (Å²) in [6.07, 6.45) is 0.657. The summed E-state index contributed by atoms with van der Waals surface area (Å²) in [5.41, 5.74) is 5.88. The van der Waals surface area contributed by atoms with Gasteiger partial charge in [0.05, 0.1) is 11.8 Å². The predicted octanol–water partition coefficient (Wildman–Crippen LogP) is 6.39. The Balaban J connectivity index is 1.44. The van der Waals surface area contributed by atoms with Crippen LogP contribution in [0.4, 0.5) is 0 Å². The first-order valence-electron chi connectivity index (χ1n) is 10.4. The molecular weight excluding hydrogens is 368 g/mol. The van der Waals surface area contributed by atoms with Crippen molar-refractivity contribution in [1.29, 1.82) is 0 Å². The summed E-state index contributed by atoms with van der Waals surface area (Å²) in [6, 6.07) is 32.2. The molecule has 4 aromatic carbocycles. The van der Waals surface area contributed by atoms with E-state index in [1.54, 1.807) is 0 Å². The molecule has 3 nitrogen and oxygen atoms in total. The van der Waals surface area contributed by atoms with Crippen LogP contribution in [0.5, 0.6) is 5.75 Å². The van der Waals surface area contributed by atoms with Gasteiger partial charge in [-0.1, -0.05) is 84.4 Å². The minimum absolute atomic E-state index is 0.183. The average Bonchev–Trinajstić information content (AvgIpc) is 3.25. The van der Waals surface area contributed by atoms with Crippen LogP contribution < -0.4 is 4.74 Å². The summed E-state index contributed by atoms with van der Waals surface area (Å²) in [7, 11) is 0. The zero-order valence-electron chi connectivity index (χ0n) is 16.8. The maximum Gasteiger partial charge on any atom is 0.213 e. The van der Waals surface area contributed by atoms with E-state index in [0.29, 0.717) is 0 Å². The summed E-state index contributed by atoms with van der Waals surface area (Å²) in [5, 5.41) is 9.74. The minimum Gasteiger partial charge on any atom is -0.464 e. The van der Waals surface area contributed by atoms with Crippen molar-refractivity contribution in [3.8, 4) is 5.75 Å². The topological polar surface area (TPSA) is 24.8 Å². The zero-order chi connectivity index (χ0) is 20.1. The van der Waals surface area contributed by atoms with Crippen molar-refractivity contribution < 1.29 is 4.74 Å². The Labute approximate surface area is 176 Å². The third-order valence-electron chi connectivity index (χ3n) is 6.14. The van der Waals surface area contributed by atoms with E-state index >= 15 is 0 Å². The number of benzene rings is 4. The van der Waals surface area contributed by atoms with Crippen molar-refractivity contribution in [2.75, 3.05) is 0 Å². The second kappa shape index (κ2) is 6.74. The van der Waals surface area contributed by atoms with Crippen molar-refractivity contribution in [2.45, 2.75) is 25.6 Å². The number of hydrogen-bond donors (Lipinski definition) is 0. The normalized spacial score (nSPS) is 19.8. The van der Waals surface area contributed by atoms with Crippen LogP contribution in [0.25, 0.3) is 10.8 Å². The predicted molar refractivity (Wildman–Crippen MR) is 121 cm³/mol. The highest BCUT2D eigenvalue weighted by atomic mass is 16.5. The lowest BCUT2D eigenvalue weighted by atomic mass is 9.95. The maximum atomic E-state index is 6.45. The molecule has 2 heterocycles. The quantitative estimate of drug-likeness (QED) is 0.396. The van der Waals surface area contributed by atoms with E-state index in [4.69, 9.17) is 9.84 Å². The van der Waals surface area contributed by atoms with Crippen molar-refractivity contribution in [2.24, 2.45) is 5.10 Å². The van der Waals surface area contributed by atoms with Crippen LogP contribution in [0, 0.1) is 6.92 Å². The maximum absolute atomic E-state index is 6.45. The Kier molecular flexibility index (Phi) is 3.88. The molecule has 0 unspecified atom stereocenters. The van der Waals surface area contributed by atoms with Crippen molar-refractivity contribution in [3.05, 3.63) is 113 Å². The lowest BCUT2D eigenvalue weighted by Crippen LogP contribution is -2.33. The second-order valence-electron chi connectivity index (χ2n) is 8.13. The molecule has 2 aliphatic rings. The van der Waals surface area contributed by atoms with Crippen LogP contribution in [0.2, 0.25) is 0 Å². The Bertz CT molecular complexity index is 1280. The highest BCUT2D eigenvalue weighted by Gasteiger charge is 2.40. The van der Waals surface area contributed by atoms with Crippen LogP contribution in [0.1, 0.15) is 40.9 Å². The molecule has 0 saturated heterocycles. The lowest BCUT2D eigenvalue weighted by molar-refractivity contribution is -0.0190. The van der Waals surface area contributed by atoms with Crippen molar-refractivity contribution >= 4 is 16.5 Å². The fraction of sp³-hybridized carbons (Fsp3) is 0.148. The number of fused-ring (bicyclic) bond motifs is 4. The number of hydrazone groups is 1. The summed E-state index contributed by atoms with van der Waals surface area (Å²) in [6.45, 7) is 2.11. The number of aryl methyl sites for hydroxylation is 1. The van der Waals surface area contributed by atoms with Gasteiger partial charge in [-0.15, -0.1) is 0 Å². The Morgan fingerprint density at radius 3 is 2.47 bits per heavy atom. The Morgan fingerprint density at radius 1 is 0.833 bits per heavy atom. The summed E-state index contributed by atoms with van der Waals surface area (Å²) in [4.78, 5) is 0. The molecule has 0 aromatic heterocycles. The molecule has 6 rings (SSSR count). The van der Waals surface area contributed by atoms with Gasteiger partial charge in [0.25, 0.3) is 0 Å². The van der Waals surface area contributed by atoms with Gasteiger partial charge >= 0.3 is 0 Å². The van der Waals surface area contributed by atoms with Crippen LogP contribution in [-0.4, -0.2) is 10.7 Å². The molecule has 0 spiro atoms. The van der Waals surface area contributed by atoms with E-state index in [0.717, 1.165) is 23.4 Å². The third kappa shape index (κ3) is 2.78. The second-order valence-corrected chi connectivity index (χ2v) is 8.13. The van der Waals surface area contributed by atoms with Crippen LogP contribution in [0.15, 0.2) is 96.1 Å². The Morgan fingerprint density at radius 2 is 1.60 bits per heavy atom. The third-order valence-corrected chi connectivity index (χ3v) is 6.14. The molecule has 0 fully saturated rings. The Hall–Kier alpha value is -3.59. The van der Waals surface area contributed by atoms with Gasteiger partial charge in [-0.05, 0) is 35.4 Å². The van der Waals surface area contributed by atoms with E-state index in [1.807, 2.05) is 6.07 Å².